The van der Waals surface area contributed by atoms with Crippen molar-refractivity contribution in [2.45, 2.75) is 91.9 Å². The molecule has 0 fully saturated rings. The van der Waals surface area contributed by atoms with Crippen LogP contribution >= 0.6 is 60.4 Å². The zero-order chi connectivity index (χ0) is 61.3. The highest BCUT2D eigenvalue weighted by molar-refractivity contribution is 6.30. The van der Waals surface area contributed by atoms with Crippen molar-refractivity contribution in [2.24, 2.45) is 9.98 Å². The first-order chi connectivity index (χ1) is 41.0. The number of fused-ring (bicyclic) bond motifs is 6. The Bertz CT molecular complexity index is 3070. The highest BCUT2D eigenvalue weighted by atomic mass is 35.5. The maximum Gasteiger partial charge on any atom is 0.193 e. The molecule has 17 heteroatoms. The molecule has 0 bridgehead atoms. The summed E-state index contributed by atoms with van der Waals surface area (Å²) in [5.41, 5.74) is 5.58. The predicted octanol–water partition coefficient (Wildman–Crippen LogP) is 14.3. The van der Waals surface area contributed by atoms with Crippen molar-refractivity contribution < 1.29 is 24.6 Å². The van der Waals surface area contributed by atoms with E-state index in [1.54, 1.807) is 0 Å². The summed E-state index contributed by atoms with van der Waals surface area (Å²) >= 11 is 11.9. The Morgan fingerprint density at radius 3 is 0.932 bits per heavy atom. The Labute approximate surface area is 550 Å². The molecule has 0 aromatic heterocycles. The fourth-order valence-corrected chi connectivity index (χ4v) is 11.8. The number of rotatable bonds is 17. The topological polar surface area (TPSA) is 133 Å². The molecule has 11 rings (SSSR count). The molecule has 0 saturated carbocycles. The van der Waals surface area contributed by atoms with Crippen LogP contribution in [0.25, 0.3) is 0 Å². The first-order valence-electron chi connectivity index (χ1n) is 29.8. The number of halogens is 5. The third-order valence-corrected chi connectivity index (χ3v) is 16.9. The van der Waals surface area contributed by atoms with Gasteiger partial charge >= 0.3 is 0 Å². The van der Waals surface area contributed by atoms with Gasteiger partial charge in [0, 0.05) is 73.2 Å². The van der Waals surface area contributed by atoms with Gasteiger partial charge in [0.2, 0.25) is 0 Å². The van der Waals surface area contributed by atoms with Crippen LogP contribution in [-0.2, 0) is 11.4 Å². The third kappa shape index (κ3) is 16.8. The second-order valence-electron chi connectivity index (χ2n) is 21.0. The summed E-state index contributed by atoms with van der Waals surface area (Å²) in [6, 6.07) is 58.9. The first kappa shape index (κ1) is 74.2. The molecule has 0 spiro atoms. The second-order valence-corrected chi connectivity index (χ2v) is 21.9. The average Bonchev–Trinajstić information content (AvgIpc) is 2.02. The van der Waals surface area contributed by atoms with Gasteiger partial charge in [-0.25, -0.2) is 0 Å². The molecule has 88 heavy (non-hydrogen) atoms. The Morgan fingerprint density at radius 2 is 0.670 bits per heavy atom. The smallest absolute Gasteiger partial charge is 0.193 e. The maximum absolute atomic E-state index is 12.1. The zero-order valence-corrected chi connectivity index (χ0v) is 55.9. The Kier molecular flexibility index (Phi) is 29.7. The molecule has 7 aromatic rings. The molecular formula is C71H86Cl5N7O5. The summed E-state index contributed by atoms with van der Waals surface area (Å²) in [6.07, 6.45) is 0. The molecule has 0 aliphatic carbocycles. The first-order valence-corrected chi connectivity index (χ1v) is 30.6. The van der Waals surface area contributed by atoms with E-state index in [0.29, 0.717) is 10.0 Å². The predicted molar refractivity (Wildman–Crippen MR) is 369 cm³/mol. The van der Waals surface area contributed by atoms with E-state index in [1.807, 2.05) is 219 Å². The van der Waals surface area contributed by atoms with Gasteiger partial charge in [-0.3, -0.25) is 39.1 Å². The van der Waals surface area contributed by atoms with E-state index in [1.165, 1.54) is 0 Å². The molecule has 7 aromatic carbocycles. The van der Waals surface area contributed by atoms with Gasteiger partial charge in [-0.1, -0.05) is 229 Å². The molecule has 0 saturated heterocycles. The minimum absolute atomic E-state index is 0. The minimum atomic E-state index is -1.14. The Balaban J connectivity index is 0.000000235. The lowest BCUT2D eigenvalue weighted by Crippen LogP contribution is -2.43. The summed E-state index contributed by atoms with van der Waals surface area (Å²) in [5.74, 6) is 2.40. The van der Waals surface area contributed by atoms with E-state index in [9.17, 15) is 24.6 Å². The number of carbonyl (C=O) groups is 3. The minimum Gasteiger partial charge on any atom is -0.363 e. The lowest BCUT2D eigenvalue weighted by atomic mass is 9.94. The van der Waals surface area contributed by atoms with Crippen LogP contribution < -0.4 is 0 Å². The van der Waals surface area contributed by atoms with E-state index in [0.717, 1.165) is 127 Å². The Hall–Kier alpha value is -6.26. The SMILES string of the molecule is CCN(CC)C(C)C(=O)c1ccccc1.CCN(CC)C(C)C(=O)c1ccccc1.CCN(CC)C(C)C(=O)c1ccccc1.Cl.Cl.Cl.OC1(c2ccc(Cl)cc2)c2ccccc2C2=NCCN21.OC1(c2ccc(Cl)cc2)c2ccccc2C2=NCCN21. The number of benzene rings is 7. The summed E-state index contributed by atoms with van der Waals surface area (Å²) in [5, 5.41) is 24.1. The number of aliphatic imine (C=N–C) groups is 2. The van der Waals surface area contributed by atoms with E-state index < -0.39 is 11.4 Å². The monoisotopic (exact) mass is 1290 g/mol. The maximum atomic E-state index is 12.1. The molecule has 4 aliphatic heterocycles. The van der Waals surface area contributed by atoms with Crippen LogP contribution in [0, 0.1) is 0 Å². The zero-order valence-electron chi connectivity index (χ0n) is 51.9. The molecule has 12 nitrogen and oxygen atoms in total. The number of carbonyl (C=O) groups excluding carboxylic acids is 3. The number of likely N-dealkylation sites (N-methyl/N-ethyl adjacent to an activating group) is 3. The van der Waals surface area contributed by atoms with E-state index in [2.05, 4.69) is 66.2 Å². The fourth-order valence-electron chi connectivity index (χ4n) is 11.6. The van der Waals surface area contributed by atoms with Gasteiger partial charge < -0.3 is 20.0 Å². The largest absolute Gasteiger partial charge is 0.363 e. The summed E-state index contributed by atoms with van der Waals surface area (Å²) in [4.78, 5) is 55.7. The van der Waals surface area contributed by atoms with E-state index >= 15 is 0 Å². The fraction of sp³-hybridized carbons (Fsp3) is 0.338. The van der Waals surface area contributed by atoms with Crippen LogP contribution in [0.5, 0.6) is 0 Å². The number of nitrogens with zero attached hydrogens (tertiary/aromatic N) is 7. The lowest BCUT2D eigenvalue weighted by molar-refractivity contribution is -0.0245. The van der Waals surface area contributed by atoms with Gasteiger partial charge in [0.05, 0.1) is 31.2 Å². The Morgan fingerprint density at radius 1 is 0.420 bits per heavy atom. The molecule has 2 N–H and O–H groups in total. The quantitative estimate of drug-likeness (QED) is 0.0849. The van der Waals surface area contributed by atoms with Crippen LogP contribution in [0.3, 0.4) is 0 Å². The highest BCUT2D eigenvalue weighted by Gasteiger charge is 2.51. The molecule has 5 atom stereocenters. The van der Waals surface area contributed by atoms with Crippen molar-refractivity contribution in [3.8, 4) is 0 Å². The van der Waals surface area contributed by atoms with Crippen LogP contribution in [0.2, 0.25) is 10.0 Å². The van der Waals surface area contributed by atoms with Crippen LogP contribution in [0.4, 0.5) is 0 Å². The highest BCUT2D eigenvalue weighted by Crippen LogP contribution is 2.45. The normalized spacial score (nSPS) is 17.2. The van der Waals surface area contributed by atoms with Crippen LogP contribution in [-0.4, -0.2) is 147 Å². The third-order valence-electron chi connectivity index (χ3n) is 16.4. The van der Waals surface area contributed by atoms with Crippen LogP contribution in [0.15, 0.2) is 198 Å². The molecule has 470 valence electrons. The van der Waals surface area contributed by atoms with E-state index in [-0.39, 0.29) is 72.7 Å². The number of hydrogen-bond donors (Lipinski definition) is 2. The summed E-state index contributed by atoms with van der Waals surface area (Å²) < 4.78 is 0. The molecule has 4 aliphatic rings. The van der Waals surface area contributed by atoms with Crippen molar-refractivity contribution in [1.82, 2.24) is 24.5 Å². The molecular weight excluding hydrogens is 1210 g/mol. The van der Waals surface area contributed by atoms with Crippen LogP contribution in [0.1, 0.15) is 127 Å². The van der Waals surface area contributed by atoms with Gasteiger partial charge in [0.1, 0.15) is 11.7 Å². The molecule has 0 radical (unpaired) electrons. The van der Waals surface area contributed by atoms with Crippen molar-refractivity contribution in [3.05, 3.63) is 248 Å². The lowest BCUT2D eigenvalue weighted by Gasteiger charge is -2.33. The van der Waals surface area contributed by atoms with Gasteiger partial charge in [-0.2, -0.15) is 0 Å². The van der Waals surface area contributed by atoms with Gasteiger partial charge in [0.15, 0.2) is 28.8 Å². The number of Topliss-reactive ketones (excluding diaryl/α,β-unsaturated/α-hetero) is 3. The summed E-state index contributed by atoms with van der Waals surface area (Å²) in [7, 11) is 0. The summed E-state index contributed by atoms with van der Waals surface area (Å²) in [6.45, 7) is 26.8. The van der Waals surface area contributed by atoms with E-state index in [4.69, 9.17) is 23.2 Å². The van der Waals surface area contributed by atoms with Gasteiger partial charge in [-0.05, 0) is 84.3 Å². The number of aliphatic hydroxyl groups is 2. The van der Waals surface area contributed by atoms with Crippen molar-refractivity contribution in [3.63, 3.8) is 0 Å². The number of ketones is 3. The molecule has 5 unspecified atom stereocenters. The standard InChI is InChI=1S/2C16H13ClN2O.3C13H19NO.3ClH/c2*17-12-7-5-11(6-8-12)16(20)14-4-2-1-3-13(14)15-18-9-10-19(15)16;3*1-4-14(5-2)11(3)13(15)12-9-7-6-8-10-12;;;/h2*1-8,20H,9-10H2;3*6-11H,4-5H2,1-3H3;3*1H. The van der Waals surface area contributed by atoms with Crippen molar-refractivity contribution >= 4 is 89.4 Å². The van der Waals surface area contributed by atoms with Crippen molar-refractivity contribution in [1.29, 1.82) is 0 Å². The van der Waals surface area contributed by atoms with Crippen molar-refractivity contribution in [2.75, 3.05) is 65.4 Å². The van der Waals surface area contributed by atoms with Gasteiger partial charge in [0.25, 0.3) is 0 Å². The number of amidine groups is 2. The second kappa shape index (κ2) is 35.2. The molecule has 4 heterocycles. The van der Waals surface area contributed by atoms with Gasteiger partial charge in [-0.15, -0.1) is 37.2 Å². The average molecular weight is 1290 g/mol. The molecule has 0 amide bonds. The number of hydrogen-bond acceptors (Lipinski definition) is 12.